The Bertz CT molecular complexity index is 1070. The normalized spacial score (nSPS) is 12.0. The molecule has 0 bridgehead atoms. The molecule has 0 aliphatic heterocycles. The molecule has 0 radical (unpaired) electrons. The highest BCUT2D eigenvalue weighted by molar-refractivity contribution is 5.96. The zero-order chi connectivity index (χ0) is 23.8. The van der Waals surface area contributed by atoms with Crippen LogP contribution in [-0.4, -0.2) is 17.9 Å². The highest BCUT2D eigenvalue weighted by atomic mass is 16.5. The van der Waals surface area contributed by atoms with E-state index in [4.69, 9.17) is 4.74 Å². The van der Waals surface area contributed by atoms with Crippen LogP contribution in [0.15, 0.2) is 78.9 Å². The molecule has 1 unspecified atom stereocenters. The molecule has 0 spiro atoms. The monoisotopic (exact) mass is 444 g/mol. The summed E-state index contributed by atoms with van der Waals surface area (Å²) >= 11 is 0. The summed E-state index contributed by atoms with van der Waals surface area (Å²) < 4.78 is 5.80. The maximum Gasteiger partial charge on any atom is 0.265 e. The second kappa shape index (κ2) is 10.8. The molecule has 3 aromatic rings. The van der Waals surface area contributed by atoms with E-state index in [-0.39, 0.29) is 17.2 Å². The summed E-state index contributed by atoms with van der Waals surface area (Å²) in [5.41, 5.74) is 3.62. The summed E-state index contributed by atoms with van der Waals surface area (Å²) in [7, 11) is 0. The van der Waals surface area contributed by atoms with E-state index in [0.29, 0.717) is 30.0 Å². The Hall–Kier alpha value is -3.60. The van der Waals surface area contributed by atoms with Gasteiger partial charge >= 0.3 is 0 Å². The summed E-state index contributed by atoms with van der Waals surface area (Å²) in [4.78, 5) is 24.9. The Kier molecular flexibility index (Phi) is 7.88. The first kappa shape index (κ1) is 24.1. The third kappa shape index (κ3) is 7.49. The van der Waals surface area contributed by atoms with E-state index in [1.807, 2.05) is 54.6 Å². The molecule has 0 fully saturated rings. The Morgan fingerprint density at radius 3 is 2.12 bits per heavy atom. The molecule has 0 aliphatic carbocycles. The van der Waals surface area contributed by atoms with Crippen molar-refractivity contribution in [1.29, 1.82) is 0 Å². The average Bonchev–Trinajstić information content (AvgIpc) is 2.78. The quantitative estimate of drug-likeness (QED) is 0.450. The number of hydrogen-bond donors (Lipinski definition) is 2. The van der Waals surface area contributed by atoms with Gasteiger partial charge in [0, 0.05) is 17.8 Å². The summed E-state index contributed by atoms with van der Waals surface area (Å²) in [6.07, 6.45) is 0.392. The van der Waals surface area contributed by atoms with E-state index in [1.165, 1.54) is 5.56 Å². The van der Waals surface area contributed by atoms with E-state index < -0.39 is 6.10 Å². The number of anilines is 2. The van der Waals surface area contributed by atoms with E-state index >= 15 is 0 Å². The van der Waals surface area contributed by atoms with Crippen molar-refractivity contribution >= 4 is 23.2 Å². The zero-order valence-electron chi connectivity index (χ0n) is 19.7. The SMILES string of the molecule is CC(Oc1ccc(C(C)(C)C)cc1)C(=O)Nc1cccc(NC(=O)CCc2ccccc2)c1. The molecule has 5 nitrogen and oxygen atoms in total. The maximum absolute atomic E-state index is 12.6. The second-order valence-electron chi connectivity index (χ2n) is 9.14. The smallest absolute Gasteiger partial charge is 0.265 e. The fraction of sp³-hybridized carbons (Fsp3) is 0.286. The van der Waals surface area contributed by atoms with Crippen LogP contribution < -0.4 is 15.4 Å². The van der Waals surface area contributed by atoms with Gasteiger partial charge in [-0.15, -0.1) is 0 Å². The Labute approximate surface area is 196 Å². The minimum atomic E-state index is -0.672. The van der Waals surface area contributed by atoms with Gasteiger partial charge in [-0.25, -0.2) is 0 Å². The first-order valence-corrected chi connectivity index (χ1v) is 11.2. The van der Waals surface area contributed by atoms with Crippen molar-refractivity contribution in [2.24, 2.45) is 0 Å². The number of ether oxygens (including phenoxy) is 1. The van der Waals surface area contributed by atoms with Gasteiger partial charge in [-0.3, -0.25) is 9.59 Å². The molecule has 0 aliphatic rings. The fourth-order valence-electron chi connectivity index (χ4n) is 3.34. The van der Waals surface area contributed by atoms with Gasteiger partial charge in [0.15, 0.2) is 6.10 Å². The third-order valence-corrected chi connectivity index (χ3v) is 5.30. The Balaban J connectivity index is 1.52. The van der Waals surface area contributed by atoms with Gasteiger partial charge in [-0.2, -0.15) is 0 Å². The molecule has 3 aromatic carbocycles. The molecule has 172 valence electrons. The van der Waals surface area contributed by atoms with Gasteiger partial charge in [0.05, 0.1) is 0 Å². The maximum atomic E-state index is 12.6. The molecule has 2 N–H and O–H groups in total. The van der Waals surface area contributed by atoms with Crippen molar-refractivity contribution in [2.75, 3.05) is 10.6 Å². The van der Waals surface area contributed by atoms with Gasteiger partial charge in [0.1, 0.15) is 5.75 Å². The first-order chi connectivity index (χ1) is 15.7. The van der Waals surface area contributed by atoms with Crippen molar-refractivity contribution in [3.8, 4) is 5.75 Å². The van der Waals surface area contributed by atoms with Crippen molar-refractivity contribution in [1.82, 2.24) is 0 Å². The van der Waals surface area contributed by atoms with Gasteiger partial charge in [-0.05, 0) is 60.2 Å². The lowest BCUT2D eigenvalue weighted by Crippen LogP contribution is -2.30. The summed E-state index contributed by atoms with van der Waals surface area (Å²) in [6.45, 7) is 8.17. The largest absolute Gasteiger partial charge is 0.481 e. The standard InChI is InChI=1S/C28H32N2O3/c1-20(33-25-16-14-22(15-17-25)28(2,3)4)27(32)30-24-12-8-11-23(19-24)29-26(31)18-13-21-9-6-5-7-10-21/h5-12,14-17,19-20H,13,18H2,1-4H3,(H,29,31)(H,30,32). The van der Waals surface area contributed by atoms with E-state index in [1.54, 1.807) is 31.2 Å². The van der Waals surface area contributed by atoms with Crippen LogP contribution in [-0.2, 0) is 21.4 Å². The lowest BCUT2D eigenvalue weighted by Gasteiger charge is -2.20. The van der Waals surface area contributed by atoms with Gasteiger partial charge < -0.3 is 15.4 Å². The number of aryl methyl sites for hydroxylation is 1. The predicted molar refractivity (Wildman–Crippen MR) is 134 cm³/mol. The van der Waals surface area contributed by atoms with Crippen LogP contribution in [0.25, 0.3) is 0 Å². The number of nitrogens with one attached hydrogen (secondary N) is 2. The number of amides is 2. The fourth-order valence-corrected chi connectivity index (χ4v) is 3.34. The van der Waals surface area contributed by atoms with Crippen LogP contribution in [0.3, 0.4) is 0 Å². The van der Waals surface area contributed by atoms with Crippen molar-refractivity contribution in [2.45, 2.75) is 52.1 Å². The van der Waals surface area contributed by atoms with Crippen LogP contribution in [0.4, 0.5) is 11.4 Å². The number of benzene rings is 3. The van der Waals surface area contributed by atoms with Crippen LogP contribution in [0, 0.1) is 0 Å². The Morgan fingerprint density at radius 2 is 1.48 bits per heavy atom. The molecule has 0 saturated carbocycles. The highest BCUT2D eigenvalue weighted by Gasteiger charge is 2.17. The molecule has 5 heteroatoms. The van der Waals surface area contributed by atoms with Crippen LogP contribution in [0.5, 0.6) is 5.75 Å². The van der Waals surface area contributed by atoms with E-state index in [9.17, 15) is 9.59 Å². The van der Waals surface area contributed by atoms with Crippen molar-refractivity contribution in [3.05, 3.63) is 90.0 Å². The molecule has 1 atom stereocenters. The minimum absolute atomic E-state index is 0.0590. The molecular formula is C28H32N2O3. The summed E-state index contributed by atoms with van der Waals surface area (Å²) in [5, 5.41) is 5.74. The molecule has 33 heavy (non-hydrogen) atoms. The van der Waals surface area contributed by atoms with Crippen LogP contribution >= 0.6 is 0 Å². The third-order valence-electron chi connectivity index (χ3n) is 5.30. The number of rotatable bonds is 8. The van der Waals surface area contributed by atoms with Gasteiger partial charge in [0.25, 0.3) is 5.91 Å². The summed E-state index contributed by atoms with van der Waals surface area (Å²) in [5.74, 6) is 0.310. The van der Waals surface area contributed by atoms with E-state index in [0.717, 1.165) is 5.56 Å². The van der Waals surface area contributed by atoms with Crippen molar-refractivity contribution in [3.63, 3.8) is 0 Å². The summed E-state index contributed by atoms with van der Waals surface area (Å²) in [6, 6.07) is 24.8. The first-order valence-electron chi connectivity index (χ1n) is 11.2. The lowest BCUT2D eigenvalue weighted by molar-refractivity contribution is -0.122. The lowest BCUT2D eigenvalue weighted by atomic mass is 9.87. The Morgan fingerprint density at radius 1 is 0.848 bits per heavy atom. The van der Waals surface area contributed by atoms with E-state index in [2.05, 4.69) is 31.4 Å². The molecule has 3 rings (SSSR count). The molecule has 0 heterocycles. The number of hydrogen-bond acceptors (Lipinski definition) is 3. The minimum Gasteiger partial charge on any atom is -0.481 e. The van der Waals surface area contributed by atoms with Gasteiger partial charge in [0.2, 0.25) is 5.91 Å². The zero-order valence-corrected chi connectivity index (χ0v) is 19.7. The molecule has 2 amide bonds. The average molecular weight is 445 g/mol. The molecule has 0 saturated heterocycles. The number of carbonyl (C=O) groups is 2. The highest BCUT2D eigenvalue weighted by Crippen LogP contribution is 2.25. The van der Waals surface area contributed by atoms with Crippen molar-refractivity contribution < 1.29 is 14.3 Å². The molecule has 0 aromatic heterocycles. The number of carbonyl (C=O) groups excluding carboxylic acids is 2. The topological polar surface area (TPSA) is 67.4 Å². The second-order valence-corrected chi connectivity index (χ2v) is 9.14. The van der Waals surface area contributed by atoms with Crippen LogP contribution in [0.2, 0.25) is 0 Å². The van der Waals surface area contributed by atoms with Gasteiger partial charge in [-0.1, -0.05) is 69.3 Å². The van der Waals surface area contributed by atoms with Crippen LogP contribution in [0.1, 0.15) is 45.2 Å². The molecular weight excluding hydrogens is 412 g/mol. The predicted octanol–water partition coefficient (Wildman–Crippen LogP) is 5.96.